The summed E-state index contributed by atoms with van der Waals surface area (Å²) in [4.78, 5) is 15.1. The first kappa shape index (κ1) is 14.1. The number of aromatic nitrogens is 2. The molecule has 1 aromatic rings. The number of carboxylic acid groups (broad SMARTS) is 1. The van der Waals surface area contributed by atoms with Crippen molar-refractivity contribution in [3.8, 4) is 0 Å². The summed E-state index contributed by atoms with van der Waals surface area (Å²) in [6, 6.07) is 0. The number of anilines is 1. The third-order valence-electron chi connectivity index (χ3n) is 4.18. The summed E-state index contributed by atoms with van der Waals surface area (Å²) in [5, 5.41) is 8.61. The lowest BCUT2D eigenvalue weighted by atomic mass is 10.0. The predicted octanol–water partition coefficient (Wildman–Crippen LogP) is 1.000. The van der Waals surface area contributed by atoms with Gasteiger partial charge in [0.1, 0.15) is 0 Å². The van der Waals surface area contributed by atoms with Crippen LogP contribution in [0.3, 0.4) is 0 Å². The molecule has 1 fully saturated rings. The monoisotopic (exact) mass is 311 g/mol. The Balaban J connectivity index is 2.08. The van der Waals surface area contributed by atoms with E-state index in [1.165, 1.54) is 6.08 Å². The molecule has 0 aliphatic heterocycles. The summed E-state index contributed by atoms with van der Waals surface area (Å²) < 4.78 is 26.6. The van der Waals surface area contributed by atoms with Crippen LogP contribution in [0.15, 0.2) is 5.57 Å². The average Bonchev–Trinajstić information content (AvgIpc) is 3.04. The van der Waals surface area contributed by atoms with Gasteiger partial charge < -0.3 is 10.8 Å². The van der Waals surface area contributed by atoms with Gasteiger partial charge in [0, 0.05) is 5.57 Å². The van der Waals surface area contributed by atoms with Gasteiger partial charge in [-0.1, -0.05) is 12.8 Å². The first-order chi connectivity index (χ1) is 9.91. The minimum atomic E-state index is -3.55. The van der Waals surface area contributed by atoms with E-state index in [1.807, 2.05) is 0 Å². The molecule has 3 rings (SSSR count). The summed E-state index contributed by atoms with van der Waals surface area (Å²) in [6.07, 6.45) is 5.12. The second-order valence-corrected chi connectivity index (χ2v) is 7.55. The Morgan fingerprint density at radius 1 is 1.33 bits per heavy atom. The fourth-order valence-electron chi connectivity index (χ4n) is 3.10. The van der Waals surface area contributed by atoms with Gasteiger partial charge in [-0.05, 0) is 31.8 Å². The number of nitrogens with zero attached hydrogens (tertiary/aromatic N) is 2. The zero-order valence-corrected chi connectivity index (χ0v) is 12.3. The summed E-state index contributed by atoms with van der Waals surface area (Å²) in [5.41, 5.74) is 6.88. The zero-order chi connectivity index (χ0) is 15.2. The van der Waals surface area contributed by atoms with E-state index < -0.39 is 21.2 Å². The highest BCUT2D eigenvalue weighted by Crippen LogP contribution is 2.32. The van der Waals surface area contributed by atoms with Crippen molar-refractivity contribution in [1.82, 2.24) is 8.96 Å². The van der Waals surface area contributed by atoms with E-state index in [0.29, 0.717) is 30.7 Å². The number of carbonyl (C=O) groups is 1. The summed E-state index contributed by atoms with van der Waals surface area (Å²) >= 11 is 0. The summed E-state index contributed by atoms with van der Waals surface area (Å²) in [5.74, 6) is -1.08. The van der Waals surface area contributed by atoms with Gasteiger partial charge in [0.15, 0.2) is 0 Å². The van der Waals surface area contributed by atoms with E-state index in [1.54, 1.807) is 0 Å². The van der Waals surface area contributed by atoms with Gasteiger partial charge in [-0.2, -0.15) is 0 Å². The van der Waals surface area contributed by atoms with Crippen LogP contribution in [0.1, 0.15) is 43.5 Å². The van der Waals surface area contributed by atoms with E-state index in [4.69, 9.17) is 10.8 Å². The second kappa shape index (κ2) is 4.87. The van der Waals surface area contributed by atoms with Crippen LogP contribution in [-0.4, -0.2) is 33.7 Å². The molecular formula is C13H17N3O4S. The second-order valence-electron chi connectivity index (χ2n) is 5.49. The van der Waals surface area contributed by atoms with Crippen molar-refractivity contribution in [2.24, 2.45) is 0 Å². The molecule has 1 saturated carbocycles. The molecule has 114 valence electrons. The lowest BCUT2D eigenvalue weighted by Gasteiger charge is -2.17. The van der Waals surface area contributed by atoms with Crippen LogP contribution in [0.2, 0.25) is 0 Å². The number of hydrogen-bond donors (Lipinski definition) is 2. The van der Waals surface area contributed by atoms with Crippen molar-refractivity contribution in [3.63, 3.8) is 0 Å². The molecule has 0 aromatic carbocycles. The molecule has 0 radical (unpaired) electrons. The number of nitrogens with two attached hydrogens (primary N) is 1. The normalized spacial score (nSPS) is 19.3. The van der Waals surface area contributed by atoms with Crippen LogP contribution in [0, 0.1) is 0 Å². The molecule has 8 heteroatoms. The van der Waals surface area contributed by atoms with Gasteiger partial charge in [-0.3, -0.25) is 0 Å². The van der Waals surface area contributed by atoms with Gasteiger partial charge in [0.25, 0.3) is 0 Å². The van der Waals surface area contributed by atoms with E-state index in [0.717, 1.165) is 16.8 Å². The Labute approximate surface area is 122 Å². The number of carboxylic acids is 1. The molecule has 0 atom stereocenters. The van der Waals surface area contributed by atoms with Crippen LogP contribution in [0.5, 0.6) is 0 Å². The zero-order valence-electron chi connectivity index (χ0n) is 11.4. The number of fused-ring (bicyclic) bond motifs is 1. The highest BCUT2D eigenvalue weighted by Gasteiger charge is 2.35. The molecule has 7 nitrogen and oxygen atoms in total. The van der Waals surface area contributed by atoms with Gasteiger partial charge >= 0.3 is 5.97 Å². The van der Waals surface area contributed by atoms with Crippen LogP contribution < -0.4 is 5.73 Å². The minimum absolute atomic E-state index is 0.0743. The van der Waals surface area contributed by atoms with Crippen LogP contribution in [-0.2, 0) is 21.2 Å². The standard InChI is InChI=1S/C13H17N3O4S/c14-13-15-10-7-8(12(17)18)5-6-11(10)16(13)21(19,20)9-3-1-2-4-9/h7,9H,1-6H2,(H2,14,15)(H,17,18). The Morgan fingerprint density at radius 2 is 2.00 bits per heavy atom. The van der Waals surface area contributed by atoms with E-state index in [-0.39, 0.29) is 17.9 Å². The van der Waals surface area contributed by atoms with E-state index >= 15 is 0 Å². The number of imidazole rings is 1. The molecule has 1 aromatic heterocycles. The van der Waals surface area contributed by atoms with Gasteiger partial charge in [0.05, 0.1) is 16.6 Å². The molecule has 3 N–H and O–H groups in total. The fourth-order valence-corrected chi connectivity index (χ4v) is 5.12. The summed E-state index contributed by atoms with van der Waals surface area (Å²) in [7, 11) is -3.55. The van der Waals surface area contributed by atoms with Crippen molar-refractivity contribution in [3.05, 3.63) is 17.0 Å². The Bertz CT molecular complexity index is 727. The smallest absolute Gasteiger partial charge is 0.331 e. The predicted molar refractivity (Wildman–Crippen MR) is 77.1 cm³/mol. The van der Waals surface area contributed by atoms with Crippen LogP contribution in [0.25, 0.3) is 6.08 Å². The van der Waals surface area contributed by atoms with Crippen LogP contribution in [0.4, 0.5) is 5.95 Å². The lowest BCUT2D eigenvalue weighted by molar-refractivity contribution is -0.132. The van der Waals surface area contributed by atoms with Crippen molar-refractivity contribution in [2.75, 3.05) is 5.73 Å². The SMILES string of the molecule is Nc1nc2c(n1S(=O)(=O)C1CCCC1)CCC(C(=O)O)=C2. The largest absolute Gasteiger partial charge is 0.478 e. The first-order valence-electron chi connectivity index (χ1n) is 6.96. The molecule has 0 amide bonds. The number of hydrogen-bond acceptors (Lipinski definition) is 5. The maximum Gasteiger partial charge on any atom is 0.331 e. The highest BCUT2D eigenvalue weighted by atomic mass is 32.2. The Kier molecular flexibility index (Phi) is 3.27. The molecule has 2 aliphatic rings. The van der Waals surface area contributed by atoms with Gasteiger partial charge in [0.2, 0.25) is 16.0 Å². The van der Waals surface area contributed by atoms with Gasteiger partial charge in [-0.15, -0.1) is 0 Å². The third kappa shape index (κ3) is 2.23. The molecule has 0 saturated heterocycles. The van der Waals surface area contributed by atoms with E-state index in [9.17, 15) is 13.2 Å². The van der Waals surface area contributed by atoms with Crippen LogP contribution >= 0.6 is 0 Å². The number of nitrogen functional groups attached to an aromatic ring is 1. The Morgan fingerprint density at radius 3 is 2.62 bits per heavy atom. The quantitative estimate of drug-likeness (QED) is 0.860. The molecule has 2 aliphatic carbocycles. The highest BCUT2D eigenvalue weighted by molar-refractivity contribution is 7.90. The minimum Gasteiger partial charge on any atom is -0.478 e. The maximum atomic E-state index is 12.7. The van der Waals surface area contributed by atoms with Crippen molar-refractivity contribution in [2.45, 2.75) is 43.8 Å². The molecule has 0 spiro atoms. The number of aliphatic carboxylic acids is 1. The molecular weight excluding hydrogens is 294 g/mol. The molecule has 21 heavy (non-hydrogen) atoms. The fraction of sp³-hybridized carbons (Fsp3) is 0.538. The van der Waals surface area contributed by atoms with Crippen molar-refractivity contribution >= 4 is 28.0 Å². The van der Waals surface area contributed by atoms with Crippen molar-refractivity contribution in [1.29, 1.82) is 0 Å². The molecule has 0 bridgehead atoms. The molecule has 1 heterocycles. The molecule has 0 unspecified atom stereocenters. The third-order valence-corrected chi connectivity index (χ3v) is 6.41. The Hall–Kier alpha value is -1.83. The lowest BCUT2D eigenvalue weighted by Crippen LogP contribution is -2.28. The number of rotatable bonds is 3. The maximum absolute atomic E-state index is 12.7. The van der Waals surface area contributed by atoms with Gasteiger partial charge in [-0.25, -0.2) is 22.2 Å². The van der Waals surface area contributed by atoms with E-state index in [2.05, 4.69) is 4.98 Å². The van der Waals surface area contributed by atoms with Crippen molar-refractivity contribution < 1.29 is 18.3 Å². The summed E-state index contributed by atoms with van der Waals surface area (Å²) in [6.45, 7) is 0. The first-order valence-corrected chi connectivity index (χ1v) is 8.47. The average molecular weight is 311 g/mol. The topological polar surface area (TPSA) is 115 Å².